The molecule has 0 fully saturated rings. The number of hydrogen-bond acceptors (Lipinski definition) is 6. The minimum Gasteiger partial charge on any atom is -0.448 e. The number of oxazole rings is 1. The minimum absolute atomic E-state index is 0.115. The van der Waals surface area contributed by atoms with Crippen molar-refractivity contribution in [2.75, 3.05) is 11.9 Å². The van der Waals surface area contributed by atoms with Crippen LogP contribution in [-0.4, -0.2) is 26.6 Å². The molecule has 0 atom stereocenters. The second-order valence-electron chi connectivity index (χ2n) is 4.45. The van der Waals surface area contributed by atoms with E-state index in [1.54, 1.807) is 6.20 Å². The normalized spacial score (nSPS) is 11.0. The Balaban J connectivity index is 1.66. The van der Waals surface area contributed by atoms with Crippen LogP contribution >= 0.6 is 15.9 Å². The molecule has 0 bridgehead atoms. The highest BCUT2D eigenvalue weighted by Crippen LogP contribution is 2.17. The molecular formula is C14H13BrN4O2. The van der Waals surface area contributed by atoms with Gasteiger partial charge in [-0.25, -0.2) is 9.97 Å². The number of anilines is 1. The summed E-state index contributed by atoms with van der Waals surface area (Å²) < 4.78 is 6.20. The summed E-state index contributed by atoms with van der Waals surface area (Å²) in [6.45, 7) is 0.509. The molecule has 0 unspecified atom stereocenters. The van der Waals surface area contributed by atoms with Gasteiger partial charge < -0.3 is 14.8 Å². The lowest BCUT2D eigenvalue weighted by atomic mass is 10.2. The van der Waals surface area contributed by atoms with Crippen molar-refractivity contribution in [1.82, 2.24) is 15.0 Å². The Hall–Kier alpha value is -1.99. The second-order valence-corrected chi connectivity index (χ2v) is 5.36. The molecule has 0 aliphatic carbocycles. The van der Waals surface area contributed by atoms with Gasteiger partial charge in [-0.15, -0.1) is 0 Å². The largest absolute Gasteiger partial charge is 0.448 e. The number of aliphatic hydroxyl groups excluding tert-OH is 1. The first-order valence-electron chi connectivity index (χ1n) is 6.44. The zero-order chi connectivity index (χ0) is 14.7. The number of fused-ring (bicyclic) bond motifs is 1. The minimum atomic E-state index is -0.115. The zero-order valence-electron chi connectivity index (χ0n) is 11.1. The molecule has 0 aliphatic rings. The summed E-state index contributed by atoms with van der Waals surface area (Å²) in [5, 5.41) is 12.3. The summed E-state index contributed by atoms with van der Waals surface area (Å²) in [5.41, 5.74) is 2.25. The molecule has 0 saturated carbocycles. The Kier molecular flexibility index (Phi) is 4.12. The van der Waals surface area contributed by atoms with Crippen LogP contribution in [0.15, 0.2) is 39.7 Å². The van der Waals surface area contributed by atoms with Crippen LogP contribution in [0.25, 0.3) is 11.0 Å². The molecule has 2 aromatic heterocycles. The van der Waals surface area contributed by atoms with Crippen molar-refractivity contribution in [2.24, 2.45) is 0 Å². The molecule has 2 N–H and O–H groups in total. The Morgan fingerprint density at radius 2 is 2.14 bits per heavy atom. The van der Waals surface area contributed by atoms with Crippen molar-refractivity contribution in [3.05, 3.63) is 46.7 Å². The zero-order valence-corrected chi connectivity index (χ0v) is 12.7. The Labute approximate surface area is 129 Å². The average molecular weight is 349 g/mol. The molecule has 0 radical (unpaired) electrons. The van der Waals surface area contributed by atoms with Crippen LogP contribution in [0.2, 0.25) is 0 Å². The van der Waals surface area contributed by atoms with Crippen molar-refractivity contribution in [2.45, 2.75) is 13.0 Å². The van der Waals surface area contributed by atoms with Crippen molar-refractivity contribution in [3.63, 3.8) is 0 Å². The van der Waals surface area contributed by atoms with Gasteiger partial charge >= 0.3 is 0 Å². The standard InChI is InChI=1S/C14H13BrN4O2/c15-9-1-2-10-11(5-9)17-6-14(19-10)16-4-3-13-12(7-20)18-8-21-13/h1-2,5-6,8,20H,3-4,7H2,(H,16,19). The summed E-state index contributed by atoms with van der Waals surface area (Å²) in [5.74, 6) is 1.39. The third-order valence-electron chi connectivity index (χ3n) is 3.04. The van der Waals surface area contributed by atoms with E-state index in [4.69, 9.17) is 9.52 Å². The van der Waals surface area contributed by atoms with E-state index in [0.29, 0.717) is 30.2 Å². The van der Waals surface area contributed by atoms with Crippen LogP contribution in [0.4, 0.5) is 5.82 Å². The lowest BCUT2D eigenvalue weighted by molar-refractivity contribution is 0.274. The van der Waals surface area contributed by atoms with E-state index in [2.05, 4.69) is 36.2 Å². The highest BCUT2D eigenvalue weighted by molar-refractivity contribution is 9.10. The monoisotopic (exact) mass is 348 g/mol. The Morgan fingerprint density at radius 3 is 3.00 bits per heavy atom. The van der Waals surface area contributed by atoms with Crippen molar-refractivity contribution < 1.29 is 9.52 Å². The number of halogens is 1. The first-order valence-corrected chi connectivity index (χ1v) is 7.24. The van der Waals surface area contributed by atoms with Gasteiger partial charge in [0, 0.05) is 17.4 Å². The van der Waals surface area contributed by atoms with Crippen LogP contribution in [0.5, 0.6) is 0 Å². The average Bonchev–Trinajstić information content (AvgIpc) is 2.95. The molecule has 0 spiro atoms. The summed E-state index contributed by atoms with van der Waals surface area (Å²) in [7, 11) is 0. The summed E-state index contributed by atoms with van der Waals surface area (Å²) >= 11 is 3.41. The molecule has 3 aromatic rings. The maximum atomic E-state index is 9.10. The van der Waals surface area contributed by atoms with Gasteiger partial charge in [-0.3, -0.25) is 4.98 Å². The van der Waals surface area contributed by atoms with Crippen LogP contribution in [-0.2, 0) is 13.0 Å². The molecule has 108 valence electrons. The van der Waals surface area contributed by atoms with Crippen LogP contribution in [0.1, 0.15) is 11.5 Å². The van der Waals surface area contributed by atoms with Gasteiger partial charge in [-0.2, -0.15) is 0 Å². The van der Waals surface area contributed by atoms with Crippen LogP contribution in [0, 0.1) is 0 Å². The molecule has 21 heavy (non-hydrogen) atoms. The third kappa shape index (κ3) is 3.20. The maximum Gasteiger partial charge on any atom is 0.181 e. The van der Waals surface area contributed by atoms with Crippen molar-refractivity contribution in [1.29, 1.82) is 0 Å². The topological polar surface area (TPSA) is 84.1 Å². The van der Waals surface area contributed by atoms with E-state index in [1.165, 1.54) is 6.39 Å². The molecule has 0 saturated heterocycles. The highest BCUT2D eigenvalue weighted by Gasteiger charge is 2.07. The van der Waals surface area contributed by atoms with E-state index in [-0.39, 0.29) is 6.61 Å². The fourth-order valence-electron chi connectivity index (χ4n) is 2.00. The third-order valence-corrected chi connectivity index (χ3v) is 3.53. The molecule has 0 aliphatic heterocycles. The summed E-state index contributed by atoms with van der Waals surface area (Å²) in [6.07, 6.45) is 3.66. The number of nitrogens with zero attached hydrogens (tertiary/aromatic N) is 3. The number of benzene rings is 1. The van der Waals surface area contributed by atoms with Gasteiger partial charge in [-0.05, 0) is 18.2 Å². The molecule has 7 heteroatoms. The second kappa shape index (κ2) is 6.19. The van der Waals surface area contributed by atoms with E-state index in [1.807, 2.05) is 18.2 Å². The van der Waals surface area contributed by atoms with Crippen molar-refractivity contribution in [3.8, 4) is 0 Å². The van der Waals surface area contributed by atoms with E-state index >= 15 is 0 Å². The molecular weight excluding hydrogens is 336 g/mol. The number of hydrogen-bond donors (Lipinski definition) is 2. The summed E-state index contributed by atoms with van der Waals surface area (Å²) in [4.78, 5) is 12.8. The van der Waals surface area contributed by atoms with Crippen LogP contribution < -0.4 is 5.32 Å². The van der Waals surface area contributed by atoms with Gasteiger partial charge in [0.2, 0.25) is 0 Å². The lowest BCUT2D eigenvalue weighted by Crippen LogP contribution is -2.07. The quantitative estimate of drug-likeness (QED) is 0.736. The molecule has 6 nitrogen and oxygen atoms in total. The number of aromatic nitrogens is 3. The lowest BCUT2D eigenvalue weighted by Gasteiger charge is -2.05. The number of aliphatic hydroxyl groups is 1. The molecule has 0 amide bonds. The maximum absolute atomic E-state index is 9.10. The fraction of sp³-hybridized carbons (Fsp3) is 0.214. The predicted octanol–water partition coefficient (Wildman–Crippen LogP) is 2.53. The van der Waals surface area contributed by atoms with E-state index < -0.39 is 0 Å². The van der Waals surface area contributed by atoms with Gasteiger partial charge in [0.05, 0.1) is 23.8 Å². The first-order chi connectivity index (χ1) is 10.3. The molecule has 2 heterocycles. The van der Waals surface area contributed by atoms with E-state index in [9.17, 15) is 0 Å². The SMILES string of the molecule is OCc1ncoc1CCNc1cnc2cc(Br)ccc2n1. The predicted molar refractivity (Wildman–Crippen MR) is 81.9 cm³/mol. The number of nitrogens with one attached hydrogen (secondary N) is 1. The number of rotatable bonds is 5. The summed E-state index contributed by atoms with van der Waals surface area (Å²) in [6, 6.07) is 5.77. The smallest absolute Gasteiger partial charge is 0.181 e. The van der Waals surface area contributed by atoms with Crippen LogP contribution in [0.3, 0.4) is 0 Å². The van der Waals surface area contributed by atoms with E-state index in [0.717, 1.165) is 15.5 Å². The first kappa shape index (κ1) is 14.0. The Morgan fingerprint density at radius 1 is 1.24 bits per heavy atom. The molecule has 1 aromatic carbocycles. The Bertz CT molecular complexity index is 760. The van der Waals surface area contributed by atoms with Gasteiger partial charge in [0.15, 0.2) is 6.39 Å². The van der Waals surface area contributed by atoms with Gasteiger partial charge in [0.25, 0.3) is 0 Å². The fourth-order valence-corrected chi connectivity index (χ4v) is 2.35. The molecule has 3 rings (SSSR count). The van der Waals surface area contributed by atoms with Crippen molar-refractivity contribution >= 4 is 32.8 Å². The van der Waals surface area contributed by atoms with Gasteiger partial charge in [-0.1, -0.05) is 15.9 Å². The highest BCUT2D eigenvalue weighted by atomic mass is 79.9. The van der Waals surface area contributed by atoms with Gasteiger partial charge in [0.1, 0.15) is 17.3 Å².